The van der Waals surface area contributed by atoms with Crippen LogP contribution in [0.1, 0.15) is 50.7 Å². The molecular formula is C16H26N2O5. The topological polar surface area (TPSA) is 89.8 Å². The summed E-state index contributed by atoms with van der Waals surface area (Å²) in [5.74, 6) is 0.168. The molecule has 0 spiro atoms. The molecule has 0 fully saturated rings. The Hall–Kier alpha value is -2.02. The second-order valence-corrected chi connectivity index (χ2v) is 6.89. The van der Waals surface area contributed by atoms with Crippen LogP contribution in [0, 0.1) is 0 Å². The van der Waals surface area contributed by atoms with Crippen LogP contribution < -0.4 is 10.6 Å². The van der Waals surface area contributed by atoms with E-state index >= 15 is 0 Å². The van der Waals surface area contributed by atoms with Crippen molar-refractivity contribution in [2.75, 3.05) is 13.7 Å². The molecule has 0 atom stereocenters. The van der Waals surface area contributed by atoms with Gasteiger partial charge in [-0.2, -0.15) is 0 Å². The van der Waals surface area contributed by atoms with Crippen molar-refractivity contribution in [2.24, 2.45) is 0 Å². The Morgan fingerprint density at radius 2 is 1.87 bits per heavy atom. The molecule has 0 bridgehead atoms. The molecule has 0 aliphatic rings. The molecule has 7 heteroatoms. The molecule has 1 amide bonds. The lowest BCUT2D eigenvalue weighted by atomic mass is 10.1. The van der Waals surface area contributed by atoms with Crippen molar-refractivity contribution >= 4 is 12.1 Å². The average Bonchev–Trinajstić information content (AvgIpc) is 2.89. The van der Waals surface area contributed by atoms with Crippen LogP contribution in [0.15, 0.2) is 16.7 Å². The molecule has 0 radical (unpaired) electrons. The minimum Gasteiger partial charge on any atom is -0.467 e. The van der Waals surface area contributed by atoms with Crippen molar-refractivity contribution in [1.29, 1.82) is 0 Å². The van der Waals surface area contributed by atoms with E-state index in [4.69, 9.17) is 9.15 Å². The van der Waals surface area contributed by atoms with Crippen LogP contribution in [0.3, 0.4) is 0 Å². The first-order valence-corrected chi connectivity index (χ1v) is 7.40. The molecule has 0 aliphatic carbocycles. The summed E-state index contributed by atoms with van der Waals surface area (Å²) >= 11 is 0. The van der Waals surface area contributed by atoms with Gasteiger partial charge in [0.1, 0.15) is 17.6 Å². The van der Waals surface area contributed by atoms with Crippen LogP contribution in [0.5, 0.6) is 0 Å². The summed E-state index contributed by atoms with van der Waals surface area (Å²) in [5, 5.41) is 5.97. The fourth-order valence-electron chi connectivity index (χ4n) is 1.69. The third-order valence-corrected chi connectivity index (χ3v) is 2.89. The number of amides is 1. The average molecular weight is 326 g/mol. The molecule has 23 heavy (non-hydrogen) atoms. The monoisotopic (exact) mass is 326 g/mol. The second-order valence-electron chi connectivity index (χ2n) is 6.89. The van der Waals surface area contributed by atoms with Crippen LogP contribution in [-0.4, -0.2) is 36.9 Å². The fraction of sp³-hybridized carbons (Fsp3) is 0.625. The third kappa shape index (κ3) is 7.19. The zero-order valence-electron chi connectivity index (χ0n) is 14.6. The summed E-state index contributed by atoms with van der Waals surface area (Å²) < 4.78 is 15.1. The van der Waals surface area contributed by atoms with Gasteiger partial charge in [-0.3, -0.25) is 0 Å². The Labute approximate surface area is 136 Å². The van der Waals surface area contributed by atoms with Crippen molar-refractivity contribution in [3.8, 4) is 0 Å². The first kappa shape index (κ1) is 19.0. The highest BCUT2D eigenvalue weighted by molar-refractivity contribution is 5.88. The van der Waals surface area contributed by atoms with Crippen molar-refractivity contribution < 1.29 is 23.5 Å². The summed E-state index contributed by atoms with van der Waals surface area (Å²) in [5.41, 5.74) is -0.538. The molecule has 1 aromatic heterocycles. The Morgan fingerprint density at radius 1 is 1.22 bits per heavy atom. The molecule has 0 saturated heterocycles. The number of hydrogen-bond donors (Lipinski definition) is 2. The van der Waals surface area contributed by atoms with Gasteiger partial charge in [-0.1, -0.05) is 0 Å². The molecule has 0 aromatic carbocycles. The highest BCUT2D eigenvalue weighted by Gasteiger charge is 2.22. The summed E-state index contributed by atoms with van der Waals surface area (Å²) in [6.07, 6.45) is 0.896. The molecule has 0 unspecified atom stereocenters. The van der Waals surface area contributed by atoms with Crippen LogP contribution in [0.4, 0.5) is 4.79 Å². The summed E-state index contributed by atoms with van der Waals surface area (Å²) in [7, 11) is 1.32. The Morgan fingerprint density at radius 3 is 2.43 bits per heavy atom. The van der Waals surface area contributed by atoms with Crippen molar-refractivity contribution in [3.05, 3.63) is 23.7 Å². The van der Waals surface area contributed by atoms with Gasteiger partial charge in [0.25, 0.3) is 0 Å². The minimum absolute atomic E-state index is 0.369. The van der Waals surface area contributed by atoms with E-state index in [0.29, 0.717) is 24.4 Å². The van der Waals surface area contributed by atoms with Gasteiger partial charge in [0.05, 0.1) is 19.2 Å². The molecule has 1 heterocycles. The predicted octanol–water partition coefficient (Wildman–Crippen LogP) is 2.46. The fourth-order valence-corrected chi connectivity index (χ4v) is 1.69. The molecule has 1 rings (SSSR count). The van der Waals surface area contributed by atoms with E-state index in [0.717, 1.165) is 0 Å². The maximum Gasteiger partial charge on any atom is 0.407 e. The highest BCUT2D eigenvalue weighted by Crippen LogP contribution is 2.11. The molecule has 0 aliphatic heterocycles. The van der Waals surface area contributed by atoms with Crippen molar-refractivity contribution in [1.82, 2.24) is 10.6 Å². The van der Waals surface area contributed by atoms with Crippen LogP contribution in [0.2, 0.25) is 0 Å². The van der Waals surface area contributed by atoms with Gasteiger partial charge in [0.15, 0.2) is 0 Å². The summed E-state index contributed by atoms with van der Waals surface area (Å²) in [6.45, 7) is 10.1. The summed E-state index contributed by atoms with van der Waals surface area (Å²) in [6, 6.07) is 1.62. The predicted molar refractivity (Wildman–Crippen MR) is 85.2 cm³/mol. The van der Waals surface area contributed by atoms with E-state index in [-0.39, 0.29) is 5.54 Å². The zero-order chi connectivity index (χ0) is 17.7. The SMILES string of the molecule is COC(=O)c1coc(CNC(C)(C)CNC(=O)OC(C)(C)C)c1. The quantitative estimate of drug-likeness (QED) is 0.781. The van der Waals surface area contributed by atoms with Crippen LogP contribution in [-0.2, 0) is 16.0 Å². The first-order chi connectivity index (χ1) is 10.5. The maximum absolute atomic E-state index is 11.7. The number of rotatable bonds is 6. The number of hydrogen-bond acceptors (Lipinski definition) is 6. The number of ether oxygens (including phenoxy) is 2. The number of methoxy groups -OCH3 is 1. The van der Waals surface area contributed by atoms with Gasteiger partial charge in [-0.15, -0.1) is 0 Å². The maximum atomic E-state index is 11.7. The molecule has 2 N–H and O–H groups in total. The largest absolute Gasteiger partial charge is 0.467 e. The molecule has 0 saturated carbocycles. The minimum atomic E-state index is -0.528. The standard InChI is InChI=1S/C16H26N2O5/c1-15(2,3)23-14(20)17-10-16(4,5)18-8-12-7-11(9-22-12)13(19)21-6/h7,9,18H,8,10H2,1-6H3,(H,17,20). The summed E-state index contributed by atoms with van der Waals surface area (Å²) in [4.78, 5) is 23.0. The van der Waals surface area contributed by atoms with Crippen molar-refractivity contribution in [3.63, 3.8) is 0 Å². The normalized spacial score (nSPS) is 11.9. The molecular weight excluding hydrogens is 300 g/mol. The Bertz CT molecular complexity index is 543. The lowest BCUT2D eigenvalue weighted by molar-refractivity contribution is 0.0512. The van der Waals surface area contributed by atoms with Gasteiger partial charge >= 0.3 is 12.1 Å². The van der Waals surface area contributed by atoms with Gasteiger partial charge in [0, 0.05) is 12.1 Å². The number of furan rings is 1. The van der Waals surface area contributed by atoms with E-state index in [2.05, 4.69) is 15.4 Å². The van der Waals surface area contributed by atoms with E-state index in [9.17, 15) is 9.59 Å². The van der Waals surface area contributed by atoms with E-state index in [1.807, 2.05) is 34.6 Å². The van der Waals surface area contributed by atoms with Gasteiger partial charge in [-0.05, 0) is 40.7 Å². The lowest BCUT2D eigenvalue weighted by Gasteiger charge is -2.27. The number of esters is 1. The molecule has 1 aromatic rings. The third-order valence-electron chi connectivity index (χ3n) is 2.89. The first-order valence-electron chi connectivity index (χ1n) is 7.40. The van der Waals surface area contributed by atoms with Gasteiger partial charge in [-0.25, -0.2) is 9.59 Å². The number of nitrogens with one attached hydrogen (secondary N) is 2. The number of carbonyl (C=O) groups is 2. The zero-order valence-corrected chi connectivity index (χ0v) is 14.6. The van der Waals surface area contributed by atoms with E-state index in [1.165, 1.54) is 13.4 Å². The van der Waals surface area contributed by atoms with Crippen LogP contribution >= 0.6 is 0 Å². The number of carbonyl (C=O) groups excluding carboxylic acids is 2. The Balaban J connectivity index is 2.44. The van der Waals surface area contributed by atoms with E-state index in [1.54, 1.807) is 6.07 Å². The van der Waals surface area contributed by atoms with Crippen molar-refractivity contribution in [2.45, 2.75) is 52.3 Å². The Kier molecular flexibility index (Phi) is 6.20. The van der Waals surface area contributed by atoms with E-state index < -0.39 is 17.7 Å². The molecule has 130 valence electrons. The second kappa shape index (κ2) is 7.50. The van der Waals surface area contributed by atoms with Crippen LogP contribution in [0.25, 0.3) is 0 Å². The van der Waals surface area contributed by atoms with Gasteiger partial charge < -0.3 is 24.5 Å². The number of alkyl carbamates (subject to hydrolysis) is 1. The van der Waals surface area contributed by atoms with Gasteiger partial charge in [0.2, 0.25) is 0 Å². The molecule has 7 nitrogen and oxygen atoms in total. The lowest BCUT2D eigenvalue weighted by Crippen LogP contribution is -2.49. The highest BCUT2D eigenvalue weighted by atomic mass is 16.6. The smallest absolute Gasteiger partial charge is 0.407 e.